The Bertz CT molecular complexity index is 1100. The fraction of sp³-hybridized carbons (Fsp3) is 0.296. The van der Waals surface area contributed by atoms with Gasteiger partial charge in [0.25, 0.3) is 0 Å². The average molecular weight is 445 g/mol. The van der Waals surface area contributed by atoms with Gasteiger partial charge in [-0.25, -0.2) is 0 Å². The molecule has 5 rings (SSSR count). The molecule has 6 nitrogen and oxygen atoms in total. The van der Waals surface area contributed by atoms with Gasteiger partial charge in [-0.15, -0.1) is 0 Å². The molecule has 170 valence electrons. The van der Waals surface area contributed by atoms with Crippen molar-refractivity contribution in [2.45, 2.75) is 24.4 Å². The molecule has 0 radical (unpaired) electrons. The van der Waals surface area contributed by atoms with E-state index in [0.29, 0.717) is 32.8 Å². The fourth-order valence-corrected chi connectivity index (χ4v) is 4.81. The summed E-state index contributed by atoms with van der Waals surface area (Å²) in [7, 11) is 0. The lowest BCUT2D eigenvalue weighted by molar-refractivity contribution is 0.0751. The van der Waals surface area contributed by atoms with E-state index in [9.17, 15) is 5.21 Å². The quantitative estimate of drug-likeness (QED) is 0.414. The number of nitrogens with one attached hydrogen (secondary N) is 1. The maximum absolute atomic E-state index is 10.1. The number of oxime groups is 1. The highest BCUT2D eigenvalue weighted by Gasteiger charge is 2.39. The lowest BCUT2D eigenvalue weighted by atomic mass is 9.76. The van der Waals surface area contributed by atoms with Crippen LogP contribution >= 0.6 is 0 Å². The first-order valence-corrected chi connectivity index (χ1v) is 11.4. The van der Waals surface area contributed by atoms with Crippen molar-refractivity contribution < 1.29 is 19.4 Å². The third kappa shape index (κ3) is 4.58. The highest BCUT2D eigenvalue weighted by atomic mass is 16.5. The van der Waals surface area contributed by atoms with E-state index >= 15 is 0 Å². The van der Waals surface area contributed by atoms with Gasteiger partial charge < -0.3 is 24.7 Å². The molecule has 0 aliphatic carbocycles. The Balaban J connectivity index is 1.64. The maximum Gasteiger partial charge on any atom is 0.124 e. The molecule has 2 aliphatic heterocycles. The van der Waals surface area contributed by atoms with Crippen molar-refractivity contribution >= 4 is 5.71 Å². The van der Waals surface area contributed by atoms with Crippen LogP contribution in [0, 0.1) is 0 Å². The second-order valence-corrected chi connectivity index (χ2v) is 8.27. The van der Waals surface area contributed by atoms with Crippen LogP contribution in [0.2, 0.25) is 0 Å². The number of fused-ring (bicyclic) bond motifs is 6. The normalized spacial score (nSPS) is 24.5. The Kier molecular flexibility index (Phi) is 6.56. The summed E-state index contributed by atoms with van der Waals surface area (Å²) < 4.78 is 17.9. The third-order valence-electron chi connectivity index (χ3n) is 6.29. The summed E-state index contributed by atoms with van der Waals surface area (Å²) in [6.45, 7) is 1.86. The van der Waals surface area contributed by atoms with Crippen molar-refractivity contribution in [3.05, 3.63) is 95.6 Å². The molecule has 3 atom stereocenters. The molecule has 3 aromatic rings. The number of piperidine rings is 1. The molecule has 0 amide bonds. The Labute approximate surface area is 193 Å². The van der Waals surface area contributed by atoms with Crippen LogP contribution in [0.15, 0.2) is 84.0 Å². The Morgan fingerprint density at radius 3 is 2.03 bits per heavy atom. The van der Waals surface area contributed by atoms with E-state index < -0.39 is 0 Å². The number of para-hydroxylation sites is 2. The van der Waals surface area contributed by atoms with Crippen LogP contribution in [-0.2, 0) is 4.74 Å². The molecule has 2 aliphatic rings. The van der Waals surface area contributed by atoms with Crippen LogP contribution < -0.4 is 14.8 Å². The number of benzene rings is 3. The molecule has 0 spiro atoms. The van der Waals surface area contributed by atoms with E-state index in [4.69, 9.17) is 14.2 Å². The van der Waals surface area contributed by atoms with Crippen molar-refractivity contribution in [2.75, 3.05) is 26.4 Å². The molecular formula is C27H28N2O4. The highest BCUT2D eigenvalue weighted by Crippen LogP contribution is 2.45. The van der Waals surface area contributed by atoms with E-state index in [-0.39, 0.29) is 18.0 Å². The molecule has 0 saturated carbocycles. The van der Waals surface area contributed by atoms with Crippen molar-refractivity contribution in [2.24, 2.45) is 5.16 Å². The molecule has 1 saturated heterocycles. The summed E-state index contributed by atoms with van der Waals surface area (Å²) in [4.78, 5) is 0. The first kappa shape index (κ1) is 21.5. The van der Waals surface area contributed by atoms with E-state index in [1.54, 1.807) is 0 Å². The third-order valence-corrected chi connectivity index (χ3v) is 6.29. The van der Waals surface area contributed by atoms with E-state index in [0.717, 1.165) is 33.9 Å². The van der Waals surface area contributed by atoms with Crippen LogP contribution in [0.4, 0.5) is 0 Å². The standard InChI is InChI=1S/C27H28N2O4/c30-29-23-18-22-20-10-4-6-12-24(20)32-16-14-31-15-17-33-25-13-7-5-11-21(25)27(28-22)26(23)19-8-2-1-3-9-19/h1-13,22,26-28,30H,14-18H2/b29-23-/t22-,26+,27+/m1/s1. The van der Waals surface area contributed by atoms with Crippen molar-refractivity contribution in [3.8, 4) is 11.5 Å². The van der Waals surface area contributed by atoms with E-state index in [1.165, 1.54) is 0 Å². The minimum atomic E-state index is -0.162. The fourth-order valence-electron chi connectivity index (χ4n) is 4.81. The second kappa shape index (κ2) is 10.1. The second-order valence-electron chi connectivity index (χ2n) is 8.27. The lowest BCUT2D eigenvalue weighted by Crippen LogP contribution is -2.41. The van der Waals surface area contributed by atoms with Gasteiger partial charge in [0.2, 0.25) is 0 Å². The maximum atomic E-state index is 10.1. The molecule has 6 heteroatoms. The van der Waals surface area contributed by atoms with Gasteiger partial charge in [-0.2, -0.15) is 0 Å². The van der Waals surface area contributed by atoms with E-state index in [2.05, 4.69) is 34.7 Å². The molecule has 0 unspecified atom stereocenters. The van der Waals surface area contributed by atoms with E-state index in [1.807, 2.05) is 54.6 Å². The average Bonchev–Trinajstić information content (AvgIpc) is 2.88. The Morgan fingerprint density at radius 1 is 0.727 bits per heavy atom. The number of rotatable bonds is 1. The number of hydrogen-bond donors (Lipinski definition) is 2. The first-order chi connectivity index (χ1) is 16.3. The van der Waals surface area contributed by atoms with Crippen molar-refractivity contribution in [3.63, 3.8) is 0 Å². The zero-order chi connectivity index (χ0) is 22.5. The summed E-state index contributed by atoms with van der Waals surface area (Å²) in [6.07, 6.45) is 0.562. The smallest absolute Gasteiger partial charge is 0.124 e. The first-order valence-electron chi connectivity index (χ1n) is 11.4. The van der Waals surface area contributed by atoms with Gasteiger partial charge in [-0.1, -0.05) is 71.9 Å². The summed E-state index contributed by atoms with van der Waals surface area (Å²) in [6, 6.07) is 26.0. The van der Waals surface area contributed by atoms with Crippen LogP contribution in [0.1, 0.15) is 41.1 Å². The van der Waals surface area contributed by atoms with Gasteiger partial charge >= 0.3 is 0 Å². The van der Waals surface area contributed by atoms with Gasteiger partial charge in [-0.05, 0) is 17.7 Å². The predicted molar refractivity (Wildman–Crippen MR) is 126 cm³/mol. The molecular weight excluding hydrogens is 416 g/mol. The Hall–Kier alpha value is -3.35. The van der Waals surface area contributed by atoms with Gasteiger partial charge in [0.15, 0.2) is 0 Å². The summed E-state index contributed by atoms with van der Waals surface area (Å²) in [5, 5.41) is 17.8. The number of ether oxygens (including phenoxy) is 3. The van der Waals surface area contributed by atoms with Crippen LogP contribution in [0.5, 0.6) is 11.5 Å². The highest BCUT2D eigenvalue weighted by molar-refractivity contribution is 5.93. The number of hydrogen-bond acceptors (Lipinski definition) is 6. The Morgan fingerprint density at radius 2 is 1.33 bits per heavy atom. The van der Waals surface area contributed by atoms with Crippen LogP contribution in [0.3, 0.4) is 0 Å². The summed E-state index contributed by atoms with van der Waals surface area (Å²) in [5.41, 5.74) is 3.87. The van der Waals surface area contributed by atoms with Gasteiger partial charge in [-0.3, -0.25) is 0 Å². The molecule has 3 aromatic carbocycles. The van der Waals surface area contributed by atoms with Crippen molar-refractivity contribution in [1.29, 1.82) is 0 Å². The van der Waals surface area contributed by atoms with Gasteiger partial charge in [0.05, 0.1) is 18.9 Å². The molecule has 0 aromatic heterocycles. The molecule has 1 fully saturated rings. The van der Waals surface area contributed by atoms with Crippen LogP contribution in [-0.4, -0.2) is 37.3 Å². The predicted octanol–water partition coefficient (Wildman–Crippen LogP) is 4.86. The lowest BCUT2D eigenvalue weighted by Gasteiger charge is -2.39. The summed E-state index contributed by atoms with van der Waals surface area (Å²) in [5.74, 6) is 1.47. The number of nitrogens with zero attached hydrogens (tertiary/aromatic N) is 1. The molecule has 2 heterocycles. The minimum Gasteiger partial charge on any atom is -0.491 e. The minimum absolute atomic E-state index is 0.0889. The largest absolute Gasteiger partial charge is 0.491 e. The zero-order valence-corrected chi connectivity index (χ0v) is 18.4. The van der Waals surface area contributed by atoms with Gasteiger partial charge in [0, 0.05) is 35.5 Å². The summed E-state index contributed by atoms with van der Waals surface area (Å²) >= 11 is 0. The molecule has 2 N–H and O–H groups in total. The zero-order valence-electron chi connectivity index (χ0n) is 18.4. The van der Waals surface area contributed by atoms with Crippen molar-refractivity contribution in [1.82, 2.24) is 5.32 Å². The molecule has 33 heavy (non-hydrogen) atoms. The van der Waals surface area contributed by atoms with Crippen LogP contribution in [0.25, 0.3) is 0 Å². The topological polar surface area (TPSA) is 72.3 Å². The monoisotopic (exact) mass is 444 g/mol. The van der Waals surface area contributed by atoms with Gasteiger partial charge in [0.1, 0.15) is 24.7 Å². The molecule has 2 bridgehead atoms. The SMILES string of the molecule is O/N=C1/C[C@H]2N[C@@H](c3ccccc3OCCOCCOc3ccccc32)[C@H]1c1ccccc1.